The summed E-state index contributed by atoms with van der Waals surface area (Å²) >= 11 is 5.70. The summed E-state index contributed by atoms with van der Waals surface area (Å²) in [5.74, 6) is -0.459. The van der Waals surface area contributed by atoms with Crippen LogP contribution in [-0.4, -0.2) is 70.8 Å². The van der Waals surface area contributed by atoms with E-state index in [9.17, 15) is 28.0 Å². The van der Waals surface area contributed by atoms with Crippen molar-refractivity contribution < 1.29 is 27.5 Å². The summed E-state index contributed by atoms with van der Waals surface area (Å²) in [7, 11) is 0. The Kier molecular flexibility index (Phi) is 9.85. The second kappa shape index (κ2) is 13.0. The molecule has 2 amide bonds. The Morgan fingerprint density at radius 2 is 1.67 bits per heavy atom. The molecular formula is C33H40F3N5O3S. The third-order valence-electron chi connectivity index (χ3n) is 8.13. The number of alkyl halides is 3. The van der Waals surface area contributed by atoms with Crippen molar-refractivity contribution >= 4 is 40.7 Å². The van der Waals surface area contributed by atoms with Gasteiger partial charge in [-0.15, -0.1) is 0 Å². The predicted molar refractivity (Wildman–Crippen MR) is 171 cm³/mol. The molecule has 2 aromatic rings. The zero-order chi connectivity index (χ0) is 33.3. The van der Waals surface area contributed by atoms with E-state index in [0.717, 1.165) is 61.5 Å². The molecule has 0 aromatic heterocycles. The number of anilines is 2. The Labute approximate surface area is 268 Å². The van der Waals surface area contributed by atoms with Crippen LogP contribution in [-0.2, 0) is 28.5 Å². The maximum absolute atomic E-state index is 13.7. The monoisotopic (exact) mass is 643 g/mol. The molecule has 8 nitrogen and oxygen atoms in total. The molecule has 242 valence electrons. The van der Waals surface area contributed by atoms with Gasteiger partial charge in [0, 0.05) is 31.9 Å². The number of carbonyl (C=O) groups excluding carboxylic acids is 2. The van der Waals surface area contributed by atoms with Crippen molar-refractivity contribution in [1.82, 2.24) is 9.80 Å². The molecule has 2 saturated heterocycles. The third kappa shape index (κ3) is 7.42. The predicted octanol–water partition coefficient (Wildman–Crippen LogP) is 6.54. The SMILES string of the molecule is CCc1cc(N2C(=S)N(c3ccc(C#N)c(C(F)(F)F)c3)C(=O)C2(C)C)ccc1CCCN1CCN(C(=O)OC(C)(C)C)CC1. The summed E-state index contributed by atoms with van der Waals surface area (Å²) in [5.41, 5.74) is -0.376. The van der Waals surface area contributed by atoms with Crippen molar-refractivity contribution in [2.75, 3.05) is 42.5 Å². The molecule has 0 spiro atoms. The van der Waals surface area contributed by atoms with Crippen LogP contribution in [0.25, 0.3) is 0 Å². The minimum atomic E-state index is -4.76. The second-order valence-corrected chi connectivity index (χ2v) is 13.2. The van der Waals surface area contributed by atoms with Crippen molar-refractivity contribution in [3.05, 3.63) is 58.7 Å². The van der Waals surface area contributed by atoms with E-state index in [1.807, 2.05) is 39.0 Å². The Bertz CT molecular complexity index is 1500. The van der Waals surface area contributed by atoms with Crippen molar-refractivity contribution in [2.24, 2.45) is 0 Å². The quantitative estimate of drug-likeness (QED) is 0.317. The van der Waals surface area contributed by atoms with E-state index < -0.39 is 34.4 Å². The number of rotatable bonds is 7. The fourth-order valence-electron chi connectivity index (χ4n) is 5.76. The molecule has 2 aliphatic rings. The lowest BCUT2D eigenvalue weighted by molar-refractivity contribution is -0.137. The number of nitrogens with zero attached hydrogens (tertiary/aromatic N) is 5. The summed E-state index contributed by atoms with van der Waals surface area (Å²) < 4.78 is 46.5. The topological polar surface area (TPSA) is 80.1 Å². The molecule has 2 aliphatic heterocycles. The minimum absolute atomic E-state index is 0.0360. The number of hydrogen-bond donors (Lipinski definition) is 0. The van der Waals surface area contributed by atoms with E-state index in [2.05, 4.69) is 11.8 Å². The maximum atomic E-state index is 13.7. The van der Waals surface area contributed by atoms with Crippen molar-refractivity contribution in [3.8, 4) is 6.07 Å². The highest BCUT2D eigenvalue weighted by Gasteiger charge is 2.50. The fourth-order valence-corrected chi connectivity index (χ4v) is 6.28. The normalized spacial score (nSPS) is 17.6. The lowest BCUT2D eigenvalue weighted by Crippen LogP contribution is -2.50. The van der Waals surface area contributed by atoms with Gasteiger partial charge in [0.2, 0.25) is 0 Å². The number of piperazine rings is 1. The fraction of sp³-hybridized carbons (Fsp3) is 0.515. The molecule has 2 fully saturated rings. The Morgan fingerprint density at radius 1 is 1.02 bits per heavy atom. The second-order valence-electron chi connectivity index (χ2n) is 12.9. The third-order valence-corrected chi connectivity index (χ3v) is 8.49. The van der Waals surface area contributed by atoms with Gasteiger partial charge in [-0.3, -0.25) is 14.6 Å². The molecule has 0 aliphatic carbocycles. The van der Waals surface area contributed by atoms with Crippen molar-refractivity contribution in [1.29, 1.82) is 5.26 Å². The van der Waals surface area contributed by atoms with Crippen LogP contribution in [0.1, 0.15) is 70.2 Å². The Hall–Kier alpha value is -3.69. The molecule has 0 bridgehead atoms. The molecular weight excluding hydrogens is 603 g/mol. The molecule has 4 rings (SSSR count). The molecule has 12 heteroatoms. The van der Waals surface area contributed by atoms with Gasteiger partial charge >= 0.3 is 12.3 Å². The van der Waals surface area contributed by atoms with Gasteiger partial charge in [0.05, 0.1) is 22.9 Å². The largest absolute Gasteiger partial charge is 0.444 e. The molecule has 45 heavy (non-hydrogen) atoms. The summed E-state index contributed by atoms with van der Waals surface area (Å²) in [6, 6.07) is 10.7. The summed E-state index contributed by atoms with van der Waals surface area (Å²) in [5, 5.41) is 9.25. The number of aryl methyl sites for hydroxylation is 2. The molecule has 0 saturated carbocycles. The molecule has 0 N–H and O–H groups in total. The minimum Gasteiger partial charge on any atom is -0.444 e. The van der Waals surface area contributed by atoms with E-state index in [4.69, 9.17) is 17.0 Å². The van der Waals surface area contributed by atoms with Crippen molar-refractivity contribution in [3.63, 3.8) is 0 Å². The Balaban J connectivity index is 1.45. The van der Waals surface area contributed by atoms with Gasteiger partial charge in [-0.2, -0.15) is 18.4 Å². The van der Waals surface area contributed by atoms with Gasteiger partial charge in [0.15, 0.2) is 5.11 Å². The number of amides is 2. The smallest absolute Gasteiger partial charge is 0.417 e. The first-order valence-electron chi connectivity index (χ1n) is 15.1. The number of thiocarbonyl (C=S) groups is 1. The van der Waals surface area contributed by atoms with Gasteiger partial charge < -0.3 is 14.5 Å². The summed E-state index contributed by atoms with van der Waals surface area (Å²) in [6.07, 6.45) is -2.51. The lowest BCUT2D eigenvalue weighted by atomic mass is 9.97. The van der Waals surface area contributed by atoms with Crippen LogP contribution in [0.5, 0.6) is 0 Å². The average molecular weight is 644 g/mol. The van der Waals surface area contributed by atoms with E-state index in [1.54, 1.807) is 29.7 Å². The van der Waals surface area contributed by atoms with Crippen LogP contribution in [0.15, 0.2) is 36.4 Å². The number of hydrogen-bond acceptors (Lipinski definition) is 6. The maximum Gasteiger partial charge on any atom is 0.417 e. The first-order chi connectivity index (χ1) is 21.0. The zero-order valence-corrected chi connectivity index (χ0v) is 27.4. The van der Waals surface area contributed by atoms with Crippen LogP contribution < -0.4 is 9.80 Å². The first kappa shape index (κ1) is 34.2. The van der Waals surface area contributed by atoms with Gasteiger partial charge in [0.25, 0.3) is 5.91 Å². The van der Waals surface area contributed by atoms with Crippen molar-refractivity contribution in [2.45, 2.75) is 78.1 Å². The number of ether oxygens (including phenoxy) is 1. The van der Waals surface area contributed by atoms with E-state index >= 15 is 0 Å². The highest BCUT2D eigenvalue weighted by molar-refractivity contribution is 7.81. The van der Waals surface area contributed by atoms with Crippen LogP contribution >= 0.6 is 12.2 Å². The first-order valence-corrected chi connectivity index (χ1v) is 15.5. The number of carbonyl (C=O) groups is 2. The summed E-state index contributed by atoms with van der Waals surface area (Å²) in [4.78, 5) is 32.8. The molecule has 0 unspecified atom stereocenters. The van der Waals surface area contributed by atoms with Crippen LogP contribution in [0.2, 0.25) is 0 Å². The highest BCUT2D eigenvalue weighted by atomic mass is 32.1. The molecule has 0 radical (unpaired) electrons. The van der Waals surface area contributed by atoms with Crippen LogP contribution in [0.3, 0.4) is 0 Å². The molecule has 2 heterocycles. The van der Waals surface area contributed by atoms with Gasteiger partial charge in [-0.25, -0.2) is 4.79 Å². The Morgan fingerprint density at radius 3 is 2.24 bits per heavy atom. The highest BCUT2D eigenvalue weighted by Crippen LogP contribution is 2.40. The summed E-state index contributed by atoms with van der Waals surface area (Å²) in [6.45, 7) is 14.7. The molecule has 2 aromatic carbocycles. The van der Waals surface area contributed by atoms with Gasteiger partial charge in [-0.05, 0) is 114 Å². The number of benzene rings is 2. The van der Waals surface area contributed by atoms with E-state index in [1.165, 1.54) is 11.6 Å². The average Bonchev–Trinajstić information content (AvgIpc) is 3.14. The number of halogens is 3. The van der Waals surface area contributed by atoms with Gasteiger partial charge in [0.1, 0.15) is 11.1 Å². The standard InChI is InChI=1S/C33H40F3N5O3S/c1-7-22-19-26(13-10-23(22)9-8-14-38-15-17-39(18-16-38)30(43)44-31(2,3)4)41-29(45)40(28(42)32(41,5)6)25-12-11-24(21-37)27(20-25)33(34,35)36/h10-13,19-20H,7-9,14-18H2,1-6H3. The molecule has 0 atom stereocenters. The van der Waals surface area contributed by atoms with Crippen LogP contribution in [0.4, 0.5) is 29.3 Å². The van der Waals surface area contributed by atoms with Gasteiger partial charge in [-0.1, -0.05) is 13.0 Å². The van der Waals surface area contributed by atoms with E-state index in [0.29, 0.717) is 18.8 Å². The number of nitriles is 1. The lowest BCUT2D eigenvalue weighted by Gasteiger charge is -2.35. The van der Waals surface area contributed by atoms with E-state index in [-0.39, 0.29) is 16.9 Å². The van der Waals surface area contributed by atoms with Crippen LogP contribution in [0, 0.1) is 11.3 Å². The zero-order valence-electron chi connectivity index (χ0n) is 26.6.